The van der Waals surface area contributed by atoms with E-state index in [-0.39, 0.29) is 11.6 Å². The third-order valence-electron chi connectivity index (χ3n) is 4.75. The summed E-state index contributed by atoms with van der Waals surface area (Å²) in [6, 6.07) is 17.3. The summed E-state index contributed by atoms with van der Waals surface area (Å²) in [5, 5.41) is 5.26. The summed E-state index contributed by atoms with van der Waals surface area (Å²) in [6.07, 6.45) is 0.0275. The highest BCUT2D eigenvalue weighted by molar-refractivity contribution is 7.13. The van der Waals surface area contributed by atoms with E-state index in [2.05, 4.69) is 24.1 Å². The van der Waals surface area contributed by atoms with Gasteiger partial charge in [-0.25, -0.2) is 9.78 Å². The van der Waals surface area contributed by atoms with Crippen LogP contribution in [0.25, 0.3) is 10.6 Å². The van der Waals surface area contributed by atoms with Gasteiger partial charge in [0, 0.05) is 16.6 Å². The molecule has 3 rings (SSSR count). The maximum absolute atomic E-state index is 12.6. The molecule has 0 unspecified atom stereocenters. The molecular weight excluding hydrogens is 384 g/mol. The molecule has 0 aliphatic heterocycles. The van der Waals surface area contributed by atoms with Crippen LogP contribution in [-0.4, -0.2) is 23.0 Å². The summed E-state index contributed by atoms with van der Waals surface area (Å²) in [5.41, 5.74) is 2.95. The van der Waals surface area contributed by atoms with Crippen molar-refractivity contribution in [3.05, 3.63) is 71.2 Å². The van der Waals surface area contributed by atoms with Crippen molar-refractivity contribution in [2.45, 2.75) is 39.2 Å². The fourth-order valence-electron chi connectivity index (χ4n) is 2.85. The number of carbonyl (C=O) groups excluding carboxylic acids is 2. The SMILES string of the molecule is CC[C@H](C)c1ccccc1NC(=O)[C@@H](C)OC(=O)c1csc(-c2ccccc2)n1. The van der Waals surface area contributed by atoms with Gasteiger partial charge in [0.25, 0.3) is 5.91 Å². The number of rotatable bonds is 7. The first-order valence-electron chi connectivity index (χ1n) is 9.61. The van der Waals surface area contributed by atoms with Crippen LogP contribution in [-0.2, 0) is 9.53 Å². The first-order chi connectivity index (χ1) is 14.0. The molecule has 0 fully saturated rings. The van der Waals surface area contributed by atoms with Gasteiger partial charge in [-0.05, 0) is 30.9 Å². The second-order valence-electron chi connectivity index (χ2n) is 6.84. The average molecular weight is 409 g/mol. The molecule has 1 amide bonds. The molecule has 0 radical (unpaired) electrons. The lowest BCUT2D eigenvalue weighted by atomic mass is 9.97. The van der Waals surface area contributed by atoms with Gasteiger partial charge in [0.15, 0.2) is 11.8 Å². The minimum absolute atomic E-state index is 0.202. The van der Waals surface area contributed by atoms with Gasteiger partial charge >= 0.3 is 5.97 Å². The molecule has 1 heterocycles. The number of anilines is 1. The molecule has 6 heteroatoms. The van der Waals surface area contributed by atoms with Crippen LogP contribution in [0.3, 0.4) is 0 Å². The molecule has 0 aliphatic carbocycles. The van der Waals surface area contributed by atoms with Crippen molar-refractivity contribution >= 4 is 28.9 Å². The number of ether oxygens (including phenoxy) is 1. The minimum Gasteiger partial charge on any atom is -0.448 e. The Balaban J connectivity index is 1.65. The monoisotopic (exact) mass is 408 g/mol. The van der Waals surface area contributed by atoms with E-state index in [1.54, 1.807) is 12.3 Å². The van der Waals surface area contributed by atoms with E-state index in [4.69, 9.17) is 4.74 Å². The summed E-state index contributed by atoms with van der Waals surface area (Å²) < 4.78 is 5.34. The molecule has 0 aliphatic rings. The average Bonchev–Trinajstić information content (AvgIpc) is 3.24. The van der Waals surface area contributed by atoms with Gasteiger partial charge in [0.2, 0.25) is 0 Å². The molecule has 2 aromatic carbocycles. The zero-order valence-electron chi connectivity index (χ0n) is 16.7. The lowest BCUT2D eigenvalue weighted by Gasteiger charge is -2.18. The van der Waals surface area contributed by atoms with Crippen LogP contribution in [0, 0.1) is 0 Å². The van der Waals surface area contributed by atoms with Crippen LogP contribution < -0.4 is 5.32 Å². The van der Waals surface area contributed by atoms with Crippen molar-refractivity contribution in [3.63, 3.8) is 0 Å². The molecule has 150 valence electrons. The molecule has 0 saturated carbocycles. The van der Waals surface area contributed by atoms with E-state index in [1.165, 1.54) is 11.3 Å². The summed E-state index contributed by atoms with van der Waals surface area (Å²) in [4.78, 5) is 29.3. The van der Waals surface area contributed by atoms with Gasteiger partial charge in [-0.3, -0.25) is 4.79 Å². The minimum atomic E-state index is -0.936. The van der Waals surface area contributed by atoms with E-state index in [9.17, 15) is 9.59 Å². The molecule has 0 spiro atoms. The van der Waals surface area contributed by atoms with Crippen molar-refractivity contribution < 1.29 is 14.3 Å². The predicted octanol–water partition coefficient (Wildman–Crippen LogP) is 5.51. The lowest BCUT2D eigenvalue weighted by molar-refractivity contribution is -0.123. The number of nitrogens with zero attached hydrogens (tertiary/aromatic N) is 1. The Labute approximate surface area is 174 Å². The van der Waals surface area contributed by atoms with Gasteiger partial charge < -0.3 is 10.1 Å². The van der Waals surface area contributed by atoms with Crippen molar-refractivity contribution in [1.82, 2.24) is 4.98 Å². The van der Waals surface area contributed by atoms with Crippen LogP contribution in [0.15, 0.2) is 60.0 Å². The second-order valence-corrected chi connectivity index (χ2v) is 7.70. The van der Waals surface area contributed by atoms with E-state index in [0.29, 0.717) is 5.92 Å². The van der Waals surface area contributed by atoms with Crippen LogP contribution in [0.1, 0.15) is 49.2 Å². The quantitative estimate of drug-likeness (QED) is 0.524. The Morgan fingerprint density at radius 3 is 2.48 bits per heavy atom. The Kier molecular flexibility index (Phi) is 6.77. The van der Waals surface area contributed by atoms with Crippen LogP contribution in [0.5, 0.6) is 0 Å². The summed E-state index contributed by atoms with van der Waals surface area (Å²) in [7, 11) is 0. The first kappa shape index (κ1) is 20.7. The number of aromatic nitrogens is 1. The summed E-state index contributed by atoms with van der Waals surface area (Å²) in [5.74, 6) is -0.662. The number of hydrogen-bond acceptors (Lipinski definition) is 5. The number of para-hydroxylation sites is 1. The van der Waals surface area contributed by atoms with Crippen LogP contribution in [0.2, 0.25) is 0 Å². The van der Waals surface area contributed by atoms with Gasteiger partial charge in [0.05, 0.1) is 0 Å². The molecule has 1 aromatic heterocycles. The zero-order chi connectivity index (χ0) is 20.8. The Hall–Kier alpha value is -2.99. The Morgan fingerprint density at radius 1 is 1.07 bits per heavy atom. The Morgan fingerprint density at radius 2 is 1.76 bits per heavy atom. The third-order valence-corrected chi connectivity index (χ3v) is 5.64. The molecule has 5 nitrogen and oxygen atoms in total. The van der Waals surface area contributed by atoms with E-state index in [1.807, 2.05) is 54.6 Å². The van der Waals surface area contributed by atoms with Crippen LogP contribution in [0.4, 0.5) is 5.69 Å². The molecule has 1 N–H and O–H groups in total. The van der Waals surface area contributed by atoms with Crippen LogP contribution >= 0.6 is 11.3 Å². The van der Waals surface area contributed by atoms with Gasteiger partial charge in [0.1, 0.15) is 5.01 Å². The number of hydrogen-bond donors (Lipinski definition) is 1. The van der Waals surface area contributed by atoms with Crippen molar-refractivity contribution in [2.24, 2.45) is 0 Å². The number of nitrogens with one attached hydrogen (secondary N) is 1. The Bertz CT molecular complexity index is 985. The zero-order valence-corrected chi connectivity index (χ0v) is 17.5. The summed E-state index contributed by atoms with van der Waals surface area (Å²) >= 11 is 1.36. The van der Waals surface area contributed by atoms with Gasteiger partial charge in [-0.15, -0.1) is 11.3 Å². The number of esters is 1. The highest BCUT2D eigenvalue weighted by Gasteiger charge is 2.22. The fourth-order valence-corrected chi connectivity index (χ4v) is 3.65. The molecule has 29 heavy (non-hydrogen) atoms. The van der Waals surface area contributed by atoms with E-state index in [0.717, 1.165) is 28.2 Å². The highest BCUT2D eigenvalue weighted by atomic mass is 32.1. The molecular formula is C23H24N2O3S. The number of carbonyl (C=O) groups is 2. The number of thiazole rings is 1. The molecule has 3 aromatic rings. The normalized spacial score (nSPS) is 12.8. The van der Waals surface area contributed by atoms with Crippen molar-refractivity contribution in [1.29, 1.82) is 0 Å². The predicted molar refractivity (Wildman–Crippen MR) is 116 cm³/mol. The molecule has 0 bridgehead atoms. The highest BCUT2D eigenvalue weighted by Crippen LogP contribution is 2.27. The first-order valence-corrected chi connectivity index (χ1v) is 10.5. The third kappa shape index (κ3) is 5.09. The molecule has 0 saturated heterocycles. The fraction of sp³-hybridized carbons (Fsp3) is 0.261. The van der Waals surface area contributed by atoms with E-state index >= 15 is 0 Å². The second kappa shape index (κ2) is 9.47. The summed E-state index contributed by atoms with van der Waals surface area (Å²) in [6.45, 7) is 5.77. The van der Waals surface area contributed by atoms with Gasteiger partial charge in [-0.2, -0.15) is 0 Å². The maximum Gasteiger partial charge on any atom is 0.358 e. The smallest absolute Gasteiger partial charge is 0.358 e. The van der Waals surface area contributed by atoms with Gasteiger partial charge in [-0.1, -0.05) is 62.4 Å². The maximum atomic E-state index is 12.6. The standard InChI is InChI=1S/C23H24N2O3S/c1-4-15(2)18-12-8-9-13-19(18)24-21(26)16(3)28-23(27)20-14-29-22(25-20)17-10-6-5-7-11-17/h5-16H,4H2,1-3H3,(H,24,26)/t15-,16+/m0/s1. The van der Waals surface area contributed by atoms with Crippen molar-refractivity contribution in [3.8, 4) is 10.6 Å². The lowest BCUT2D eigenvalue weighted by Crippen LogP contribution is -2.30. The topological polar surface area (TPSA) is 68.3 Å². The number of benzene rings is 2. The van der Waals surface area contributed by atoms with Crippen molar-refractivity contribution in [2.75, 3.05) is 5.32 Å². The number of amides is 1. The largest absolute Gasteiger partial charge is 0.448 e. The molecule has 2 atom stereocenters. The van der Waals surface area contributed by atoms with E-state index < -0.39 is 12.1 Å².